The fourth-order valence-electron chi connectivity index (χ4n) is 7.75. The molecule has 10 atom stereocenters. The van der Waals surface area contributed by atoms with Gasteiger partial charge in [-0.15, -0.1) is 0 Å². The van der Waals surface area contributed by atoms with Gasteiger partial charge in [-0.1, -0.05) is 13.8 Å². The number of fused-ring (bicyclic) bond motifs is 9. The molecule has 4 rings (SSSR count). The molecule has 4 bridgehead atoms. The first-order valence-corrected chi connectivity index (χ1v) is 11.0. The van der Waals surface area contributed by atoms with Crippen molar-refractivity contribution in [3.63, 3.8) is 0 Å². The minimum Gasteiger partial charge on any atom is -0.462 e. The van der Waals surface area contributed by atoms with Gasteiger partial charge in [0.25, 0.3) is 0 Å². The third-order valence-corrected chi connectivity index (χ3v) is 8.48. The van der Waals surface area contributed by atoms with E-state index < -0.39 is 5.60 Å². The first-order chi connectivity index (χ1) is 12.6. The van der Waals surface area contributed by atoms with E-state index >= 15 is 0 Å². The molecule has 4 aliphatic carbocycles. The first kappa shape index (κ1) is 19.3. The Balaban J connectivity index is 1.50. The number of rotatable bonds is 4. The van der Waals surface area contributed by atoms with Gasteiger partial charge in [-0.05, 0) is 93.3 Å². The molecule has 0 heterocycles. The molecule has 0 amide bonds. The molecule has 0 aromatic carbocycles. The number of ether oxygens (including phenoxy) is 2. The highest BCUT2D eigenvalue weighted by Crippen LogP contribution is 2.71. The summed E-state index contributed by atoms with van der Waals surface area (Å²) in [5.41, 5.74) is -0.506. The standard InChI is InChI=1S/C23H36O4/c1-11-12(2)16-9-15(11)21-14-7-17(18(8-14)22(16)21)19(26-13(3)24)10-20(25)27-23(4,5)6/h11-12,14-19,21-22H,7-10H2,1-6H3. The predicted octanol–water partition coefficient (Wildman–Crippen LogP) is 4.46. The lowest BCUT2D eigenvalue weighted by molar-refractivity contribution is -0.164. The molecule has 0 spiro atoms. The van der Waals surface area contributed by atoms with E-state index in [1.165, 1.54) is 19.8 Å². The van der Waals surface area contributed by atoms with Gasteiger partial charge in [0, 0.05) is 6.92 Å². The van der Waals surface area contributed by atoms with Crippen LogP contribution in [0.15, 0.2) is 0 Å². The quantitative estimate of drug-likeness (QED) is 0.537. The Hall–Kier alpha value is -1.06. The smallest absolute Gasteiger partial charge is 0.310 e. The summed E-state index contributed by atoms with van der Waals surface area (Å²) in [5.74, 6) is 6.30. The summed E-state index contributed by atoms with van der Waals surface area (Å²) in [6.07, 6.45) is 3.68. The van der Waals surface area contributed by atoms with Gasteiger partial charge in [-0.2, -0.15) is 0 Å². The van der Waals surface area contributed by atoms with Crippen LogP contribution in [0.1, 0.15) is 67.2 Å². The van der Waals surface area contributed by atoms with Crippen molar-refractivity contribution in [2.75, 3.05) is 0 Å². The average molecular weight is 377 g/mol. The topological polar surface area (TPSA) is 52.6 Å². The summed E-state index contributed by atoms with van der Waals surface area (Å²) in [5, 5.41) is 0. The molecule has 152 valence electrons. The fraction of sp³-hybridized carbons (Fsp3) is 0.913. The summed E-state index contributed by atoms with van der Waals surface area (Å²) >= 11 is 0. The van der Waals surface area contributed by atoms with Crippen molar-refractivity contribution in [1.29, 1.82) is 0 Å². The second-order valence-corrected chi connectivity index (χ2v) is 10.9. The molecule has 0 aliphatic heterocycles. The molecule has 27 heavy (non-hydrogen) atoms. The highest BCUT2D eigenvalue weighted by molar-refractivity contribution is 5.72. The van der Waals surface area contributed by atoms with Gasteiger partial charge in [-0.25, -0.2) is 0 Å². The molecule has 4 heteroatoms. The SMILES string of the molecule is CC(=O)OC(CC(=O)OC(C)(C)C)C1CC2CC1C1C3CC(C(C)C3C)C21. The number of hydrogen-bond acceptors (Lipinski definition) is 4. The molecular formula is C23H36O4. The second-order valence-electron chi connectivity index (χ2n) is 10.9. The molecule has 0 aromatic heterocycles. The molecule has 4 saturated carbocycles. The van der Waals surface area contributed by atoms with E-state index in [2.05, 4.69) is 13.8 Å². The number of carbonyl (C=O) groups is 2. The van der Waals surface area contributed by atoms with Gasteiger partial charge >= 0.3 is 11.9 Å². The van der Waals surface area contributed by atoms with Gasteiger partial charge in [-0.3, -0.25) is 9.59 Å². The zero-order chi connectivity index (χ0) is 19.7. The first-order valence-electron chi connectivity index (χ1n) is 11.0. The lowest BCUT2D eigenvalue weighted by Gasteiger charge is -2.45. The van der Waals surface area contributed by atoms with E-state index in [1.54, 1.807) is 0 Å². The second kappa shape index (κ2) is 6.49. The Morgan fingerprint density at radius 1 is 0.963 bits per heavy atom. The average Bonchev–Trinajstić information content (AvgIpc) is 3.24. The van der Waals surface area contributed by atoms with Crippen LogP contribution in [0.2, 0.25) is 0 Å². The molecule has 10 unspecified atom stereocenters. The van der Waals surface area contributed by atoms with Crippen LogP contribution in [-0.2, 0) is 19.1 Å². The minimum atomic E-state index is -0.506. The monoisotopic (exact) mass is 376 g/mol. The lowest BCUT2D eigenvalue weighted by Crippen LogP contribution is -2.43. The van der Waals surface area contributed by atoms with Crippen LogP contribution in [0.4, 0.5) is 0 Å². The van der Waals surface area contributed by atoms with Crippen molar-refractivity contribution in [1.82, 2.24) is 0 Å². The predicted molar refractivity (Wildman–Crippen MR) is 103 cm³/mol. The molecule has 4 aliphatic rings. The highest BCUT2D eigenvalue weighted by Gasteiger charge is 2.66. The van der Waals surface area contributed by atoms with Crippen LogP contribution in [0.25, 0.3) is 0 Å². The number of hydrogen-bond donors (Lipinski definition) is 0. The zero-order valence-corrected chi connectivity index (χ0v) is 17.7. The molecule has 4 nitrogen and oxygen atoms in total. The van der Waals surface area contributed by atoms with E-state index in [0.29, 0.717) is 11.8 Å². The Morgan fingerprint density at radius 2 is 1.59 bits per heavy atom. The Bertz CT molecular complexity index is 620. The summed E-state index contributed by atoms with van der Waals surface area (Å²) in [4.78, 5) is 24.2. The van der Waals surface area contributed by atoms with E-state index in [-0.39, 0.29) is 24.5 Å². The lowest BCUT2D eigenvalue weighted by atomic mass is 9.61. The van der Waals surface area contributed by atoms with E-state index in [0.717, 1.165) is 47.8 Å². The van der Waals surface area contributed by atoms with Crippen LogP contribution in [0, 0.1) is 53.3 Å². The van der Waals surface area contributed by atoms with Crippen molar-refractivity contribution >= 4 is 11.9 Å². The fourth-order valence-corrected chi connectivity index (χ4v) is 7.75. The molecule has 0 N–H and O–H groups in total. The van der Waals surface area contributed by atoms with Crippen LogP contribution in [0.3, 0.4) is 0 Å². The van der Waals surface area contributed by atoms with Crippen molar-refractivity contribution in [2.45, 2.75) is 78.9 Å². The highest BCUT2D eigenvalue weighted by atomic mass is 16.6. The summed E-state index contributed by atoms with van der Waals surface area (Å²) in [6, 6.07) is 0. The third-order valence-electron chi connectivity index (χ3n) is 8.48. The molecular weight excluding hydrogens is 340 g/mol. The zero-order valence-electron chi connectivity index (χ0n) is 17.7. The van der Waals surface area contributed by atoms with Gasteiger partial charge in [0.1, 0.15) is 11.7 Å². The minimum absolute atomic E-state index is 0.197. The maximum atomic E-state index is 12.5. The van der Waals surface area contributed by atoms with Gasteiger partial charge in [0.2, 0.25) is 0 Å². The van der Waals surface area contributed by atoms with Gasteiger partial charge < -0.3 is 9.47 Å². The van der Waals surface area contributed by atoms with E-state index in [4.69, 9.17) is 9.47 Å². The molecule has 0 radical (unpaired) electrons. The van der Waals surface area contributed by atoms with Crippen molar-refractivity contribution in [2.24, 2.45) is 53.3 Å². The maximum Gasteiger partial charge on any atom is 0.310 e. The Morgan fingerprint density at radius 3 is 2.19 bits per heavy atom. The van der Waals surface area contributed by atoms with Gasteiger partial charge in [0.15, 0.2) is 0 Å². The molecule has 0 aromatic rings. The Labute approximate surface area is 163 Å². The number of carbonyl (C=O) groups excluding carboxylic acids is 2. The summed E-state index contributed by atoms with van der Waals surface area (Å²) in [7, 11) is 0. The largest absolute Gasteiger partial charge is 0.462 e. The van der Waals surface area contributed by atoms with Crippen LogP contribution >= 0.6 is 0 Å². The van der Waals surface area contributed by atoms with Crippen LogP contribution < -0.4 is 0 Å². The normalized spacial score (nSPS) is 45.6. The van der Waals surface area contributed by atoms with E-state index in [1.807, 2.05) is 20.8 Å². The van der Waals surface area contributed by atoms with Crippen molar-refractivity contribution in [3.8, 4) is 0 Å². The Kier molecular flexibility index (Phi) is 4.63. The van der Waals surface area contributed by atoms with Crippen LogP contribution in [0.5, 0.6) is 0 Å². The molecule has 4 fully saturated rings. The summed E-state index contributed by atoms with van der Waals surface area (Å²) < 4.78 is 11.2. The van der Waals surface area contributed by atoms with E-state index in [9.17, 15) is 9.59 Å². The molecule has 0 saturated heterocycles. The third kappa shape index (κ3) is 3.21. The van der Waals surface area contributed by atoms with Crippen molar-refractivity contribution in [3.05, 3.63) is 0 Å². The number of esters is 2. The maximum absolute atomic E-state index is 12.5. The van der Waals surface area contributed by atoms with Gasteiger partial charge in [0.05, 0.1) is 6.42 Å². The van der Waals surface area contributed by atoms with Crippen molar-refractivity contribution < 1.29 is 19.1 Å². The van der Waals surface area contributed by atoms with Crippen LogP contribution in [-0.4, -0.2) is 23.6 Å². The summed E-state index contributed by atoms with van der Waals surface area (Å²) in [6.45, 7) is 12.0.